The van der Waals surface area contributed by atoms with Gasteiger partial charge in [-0.1, -0.05) is 11.6 Å². The largest absolute Gasteiger partial charge is 0.495 e. The van der Waals surface area contributed by atoms with Gasteiger partial charge in [0.1, 0.15) is 5.75 Å². The second-order valence-electron chi connectivity index (χ2n) is 6.29. The first kappa shape index (κ1) is 20.7. The molecule has 0 bridgehead atoms. The van der Waals surface area contributed by atoms with Crippen molar-refractivity contribution in [3.05, 3.63) is 58.6 Å². The van der Waals surface area contributed by atoms with Crippen LogP contribution in [0.1, 0.15) is 27.1 Å². The number of anilines is 1. The molecule has 0 atom stereocenters. The van der Waals surface area contributed by atoms with Crippen molar-refractivity contribution in [1.82, 2.24) is 10.2 Å². The highest BCUT2D eigenvalue weighted by molar-refractivity contribution is 6.31. The first-order chi connectivity index (χ1) is 12.9. The zero-order chi connectivity index (χ0) is 19.8. The van der Waals surface area contributed by atoms with E-state index in [1.165, 1.54) is 7.11 Å². The Balaban J connectivity index is 1.97. The van der Waals surface area contributed by atoms with Crippen molar-refractivity contribution >= 4 is 29.1 Å². The molecule has 0 spiro atoms. The van der Waals surface area contributed by atoms with Crippen molar-refractivity contribution in [2.75, 3.05) is 39.6 Å². The number of nitrogens with zero attached hydrogens (tertiary/aromatic N) is 1. The Bertz CT molecular complexity index is 792. The molecule has 27 heavy (non-hydrogen) atoms. The van der Waals surface area contributed by atoms with Crippen LogP contribution in [0.2, 0.25) is 5.02 Å². The van der Waals surface area contributed by atoms with E-state index >= 15 is 0 Å². The Kier molecular flexibility index (Phi) is 7.64. The van der Waals surface area contributed by atoms with Crippen LogP contribution in [0.4, 0.5) is 5.69 Å². The third-order valence-corrected chi connectivity index (χ3v) is 4.12. The average Bonchev–Trinajstić information content (AvgIpc) is 2.65. The first-order valence-corrected chi connectivity index (χ1v) is 8.96. The summed E-state index contributed by atoms with van der Waals surface area (Å²) in [6.07, 6.45) is 0.876. The van der Waals surface area contributed by atoms with Gasteiger partial charge in [0.05, 0.1) is 12.8 Å². The van der Waals surface area contributed by atoms with Gasteiger partial charge in [0.2, 0.25) is 0 Å². The molecule has 0 saturated carbocycles. The summed E-state index contributed by atoms with van der Waals surface area (Å²) in [6.45, 7) is 1.51. The van der Waals surface area contributed by atoms with Gasteiger partial charge in [-0.3, -0.25) is 9.59 Å². The summed E-state index contributed by atoms with van der Waals surface area (Å²) < 4.78 is 5.22. The molecular formula is C20H24ClN3O3. The molecule has 0 aliphatic heterocycles. The van der Waals surface area contributed by atoms with Crippen molar-refractivity contribution in [1.29, 1.82) is 0 Å². The number of rotatable bonds is 8. The topological polar surface area (TPSA) is 70.7 Å². The molecule has 6 nitrogen and oxygen atoms in total. The van der Waals surface area contributed by atoms with Gasteiger partial charge in [-0.05, 0) is 69.5 Å². The lowest BCUT2D eigenvalue weighted by Gasteiger charge is -2.11. The predicted molar refractivity (Wildman–Crippen MR) is 108 cm³/mol. The number of hydrogen-bond acceptors (Lipinski definition) is 4. The standard InChI is InChI=1S/C20H24ClN3O3/c1-24(2)12-4-11-22-19(25)14-5-7-15(8-6-14)20(26)23-17-13-16(21)9-10-18(17)27-3/h5-10,13H,4,11-12H2,1-3H3,(H,22,25)(H,23,26). The summed E-state index contributed by atoms with van der Waals surface area (Å²) in [5, 5.41) is 6.13. The van der Waals surface area contributed by atoms with Crippen LogP contribution in [0, 0.1) is 0 Å². The first-order valence-electron chi connectivity index (χ1n) is 8.58. The van der Waals surface area contributed by atoms with Crippen molar-refractivity contribution in [3.8, 4) is 5.75 Å². The number of nitrogens with one attached hydrogen (secondary N) is 2. The minimum Gasteiger partial charge on any atom is -0.495 e. The van der Waals surface area contributed by atoms with E-state index in [0.717, 1.165) is 13.0 Å². The molecule has 0 unspecified atom stereocenters. The molecule has 0 saturated heterocycles. The molecule has 0 heterocycles. The van der Waals surface area contributed by atoms with Crippen LogP contribution in [0.15, 0.2) is 42.5 Å². The van der Waals surface area contributed by atoms with Crippen LogP contribution in [-0.4, -0.2) is 51.0 Å². The highest BCUT2D eigenvalue weighted by Gasteiger charge is 2.12. The van der Waals surface area contributed by atoms with E-state index in [1.54, 1.807) is 42.5 Å². The van der Waals surface area contributed by atoms with Crippen LogP contribution < -0.4 is 15.4 Å². The predicted octanol–water partition coefficient (Wildman–Crippen LogP) is 3.28. The SMILES string of the molecule is COc1ccc(Cl)cc1NC(=O)c1ccc(C(=O)NCCCN(C)C)cc1. The second kappa shape index (κ2) is 9.94. The third kappa shape index (κ3) is 6.27. The summed E-state index contributed by atoms with van der Waals surface area (Å²) in [6, 6.07) is 11.5. The number of halogens is 1. The minimum absolute atomic E-state index is 0.155. The van der Waals surface area contributed by atoms with E-state index < -0.39 is 0 Å². The van der Waals surface area contributed by atoms with Gasteiger partial charge in [0, 0.05) is 22.7 Å². The zero-order valence-corrected chi connectivity index (χ0v) is 16.5. The van der Waals surface area contributed by atoms with E-state index in [2.05, 4.69) is 15.5 Å². The second-order valence-corrected chi connectivity index (χ2v) is 6.73. The van der Waals surface area contributed by atoms with Gasteiger partial charge >= 0.3 is 0 Å². The van der Waals surface area contributed by atoms with Crippen LogP contribution in [-0.2, 0) is 0 Å². The Hall–Kier alpha value is -2.57. The van der Waals surface area contributed by atoms with Crippen molar-refractivity contribution in [2.45, 2.75) is 6.42 Å². The van der Waals surface area contributed by atoms with E-state index in [-0.39, 0.29) is 11.8 Å². The molecule has 7 heteroatoms. The number of benzene rings is 2. The number of carbonyl (C=O) groups is 2. The van der Waals surface area contributed by atoms with Gasteiger partial charge in [-0.25, -0.2) is 0 Å². The lowest BCUT2D eigenvalue weighted by atomic mass is 10.1. The fraction of sp³-hybridized carbons (Fsp3) is 0.300. The summed E-state index contributed by atoms with van der Waals surface area (Å²) in [4.78, 5) is 26.6. The lowest BCUT2D eigenvalue weighted by Crippen LogP contribution is -2.27. The maximum absolute atomic E-state index is 12.4. The smallest absolute Gasteiger partial charge is 0.255 e. The number of methoxy groups -OCH3 is 1. The van der Waals surface area contributed by atoms with Gasteiger partial charge in [0.15, 0.2) is 0 Å². The number of amides is 2. The van der Waals surface area contributed by atoms with E-state index in [0.29, 0.717) is 34.1 Å². The molecule has 2 aromatic rings. The minimum atomic E-state index is -0.312. The van der Waals surface area contributed by atoms with Crippen molar-refractivity contribution in [3.63, 3.8) is 0 Å². The van der Waals surface area contributed by atoms with Crippen LogP contribution in [0.25, 0.3) is 0 Å². The van der Waals surface area contributed by atoms with E-state index in [9.17, 15) is 9.59 Å². The quantitative estimate of drug-likeness (QED) is 0.680. The van der Waals surface area contributed by atoms with Gasteiger partial charge in [0.25, 0.3) is 11.8 Å². The molecule has 0 radical (unpaired) electrons. The fourth-order valence-electron chi connectivity index (χ4n) is 2.44. The van der Waals surface area contributed by atoms with Crippen molar-refractivity contribution in [2.24, 2.45) is 0 Å². The number of carbonyl (C=O) groups excluding carboxylic acids is 2. The molecule has 0 aliphatic carbocycles. The molecule has 144 valence electrons. The van der Waals surface area contributed by atoms with Gasteiger partial charge in [-0.15, -0.1) is 0 Å². The number of hydrogen-bond donors (Lipinski definition) is 2. The number of ether oxygens (including phenoxy) is 1. The molecule has 2 aromatic carbocycles. The molecule has 2 rings (SSSR count). The molecule has 2 amide bonds. The molecule has 0 fully saturated rings. The Morgan fingerprint density at radius 3 is 2.26 bits per heavy atom. The lowest BCUT2D eigenvalue weighted by molar-refractivity contribution is 0.0950. The van der Waals surface area contributed by atoms with Gasteiger partial charge in [-0.2, -0.15) is 0 Å². The molecule has 2 N–H and O–H groups in total. The monoisotopic (exact) mass is 389 g/mol. The Labute approximate surface area is 164 Å². The zero-order valence-electron chi connectivity index (χ0n) is 15.7. The maximum Gasteiger partial charge on any atom is 0.255 e. The fourth-order valence-corrected chi connectivity index (χ4v) is 2.62. The van der Waals surface area contributed by atoms with E-state index in [4.69, 9.17) is 16.3 Å². The molecule has 0 aromatic heterocycles. The maximum atomic E-state index is 12.4. The van der Waals surface area contributed by atoms with E-state index in [1.807, 2.05) is 14.1 Å². The summed E-state index contributed by atoms with van der Waals surface area (Å²) in [7, 11) is 5.50. The summed E-state index contributed by atoms with van der Waals surface area (Å²) in [5.74, 6) is 0.0483. The normalized spacial score (nSPS) is 10.6. The summed E-state index contributed by atoms with van der Waals surface area (Å²) >= 11 is 5.97. The Morgan fingerprint density at radius 2 is 1.67 bits per heavy atom. The highest BCUT2D eigenvalue weighted by atomic mass is 35.5. The third-order valence-electron chi connectivity index (χ3n) is 3.89. The molecule has 0 aliphatic rings. The highest BCUT2D eigenvalue weighted by Crippen LogP contribution is 2.28. The van der Waals surface area contributed by atoms with Crippen LogP contribution in [0.3, 0.4) is 0 Å². The Morgan fingerprint density at radius 1 is 1.04 bits per heavy atom. The van der Waals surface area contributed by atoms with Crippen LogP contribution >= 0.6 is 11.6 Å². The molecular weight excluding hydrogens is 366 g/mol. The average molecular weight is 390 g/mol. The summed E-state index contributed by atoms with van der Waals surface area (Å²) in [5.41, 5.74) is 1.43. The van der Waals surface area contributed by atoms with Crippen LogP contribution in [0.5, 0.6) is 5.75 Å². The van der Waals surface area contributed by atoms with Gasteiger partial charge < -0.3 is 20.3 Å². The van der Waals surface area contributed by atoms with Crippen molar-refractivity contribution < 1.29 is 14.3 Å².